The molecule has 0 spiro atoms. The summed E-state index contributed by atoms with van der Waals surface area (Å²) in [6.45, 7) is 3.74. The highest BCUT2D eigenvalue weighted by atomic mass is 16.5. The molecule has 0 aliphatic carbocycles. The number of nitrogens with zero attached hydrogens (tertiary/aromatic N) is 1. The maximum absolute atomic E-state index is 11.8. The molecule has 2 N–H and O–H groups in total. The number of H-pyrrole nitrogens is 1. The molecule has 22 heavy (non-hydrogen) atoms. The Morgan fingerprint density at radius 2 is 2.09 bits per heavy atom. The van der Waals surface area contributed by atoms with E-state index in [1.807, 2.05) is 25.1 Å². The first-order valence-corrected chi connectivity index (χ1v) is 7.09. The molecular formula is C16H21N3O3. The van der Waals surface area contributed by atoms with Crippen LogP contribution in [0.5, 0.6) is 5.75 Å². The zero-order valence-corrected chi connectivity index (χ0v) is 13.1. The minimum Gasteiger partial charge on any atom is -0.496 e. The lowest BCUT2D eigenvalue weighted by Gasteiger charge is -2.08. The summed E-state index contributed by atoms with van der Waals surface area (Å²) in [5.41, 5.74) is 3.16. The Balaban J connectivity index is 2.21. The highest BCUT2D eigenvalue weighted by Gasteiger charge is 2.07. The number of aromatic nitrogens is 2. The SMILES string of the molecule is COCCNCc1cc(-c2ccc(OC)c(C)c2)n[nH]c1=O. The van der Waals surface area contributed by atoms with Crippen LogP contribution in [-0.4, -0.2) is 37.6 Å². The molecule has 0 unspecified atom stereocenters. The average molecular weight is 303 g/mol. The lowest BCUT2D eigenvalue weighted by Crippen LogP contribution is -2.24. The first-order valence-electron chi connectivity index (χ1n) is 7.09. The van der Waals surface area contributed by atoms with Crippen LogP contribution in [0.4, 0.5) is 0 Å². The predicted molar refractivity (Wildman–Crippen MR) is 85.2 cm³/mol. The number of aromatic amines is 1. The molecule has 0 bridgehead atoms. The van der Waals surface area contributed by atoms with Crippen molar-refractivity contribution in [3.63, 3.8) is 0 Å². The number of methoxy groups -OCH3 is 2. The van der Waals surface area contributed by atoms with Crippen LogP contribution < -0.4 is 15.6 Å². The minimum absolute atomic E-state index is 0.182. The van der Waals surface area contributed by atoms with Crippen molar-refractivity contribution in [2.24, 2.45) is 0 Å². The molecule has 1 aromatic carbocycles. The largest absolute Gasteiger partial charge is 0.496 e. The fraction of sp³-hybridized carbons (Fsp3) is 0.375. The van der Waals surface area contributed by atoms with Gasteiger partial charge in [0, 0.05) is 31.3 Å². The van der Waals surface area contributed by atoms with E-state index in [0.29, 0.717) is 25.3 Å². The minimum atomic E-state index is -0.182. The van der Waals surface area contributed by atoms with Crippen LogP contribution in [0.2, 0.25) is 0 Å². The van der Waals surface area contributed by atoms with E-state index < -0.39 is 0 Å². The molecule has 0 amide bonds. The zero-order valence-electron chi connectivity index (χ0n) is 13.1. The molecule has 118 valence electrons. The second kappa shape index (κ2) is 7.72. The number of hydrogen-bond acceptors (Lipinski definition) is 5. The molecule has 0 saturated carbocycles. The van der Waals surface area contributed by atoms with Crippen molar-refractivity contribution in [1.82, 2.24) is 15.5 Å². The van der Waals surface area contributed by atoms with Crippen LogP contribution in [0.3, 0.4) is 0 Å². The molecule has 6 nitrogen and oxygen atoms in total. The maximum Gasteiger partial charge on any atom is 0.268 e. The van der Waals surface area contributed by atoms with Gasteiger partial charge < -0.3 is 14.8 Å². The summed E-state index contributed by atoms with van der Waals surface area (Å²) >= 11 is 0. The van der Waals surface area contributed by atoms with Crippen LogP contribution in [0.25, 0.3) is 11.3 Å². The highest BCUT2D eigenvalue weighted by Crippen LogP contribution is 2.24. The Labute approximate surface area is 129 Å². The standard InChI is InChI=1S/C16H21N3O3/c1-11-8-12(4-5-15(11)22-3)14-9-13(16(20)19-18-14)10-17-6-7-21-2/h4-5,8-9,17H,6-7,10H2,1-3H3,(H,19,20). The summed E-state index contributed by atoms with van der Waals surface area (Å²) in [4.78, 5) is 11.8. The van der Waals surface area contributed by atoms with Gasteiger partial charge in [-0.1, -0.05) is 0 Å². The fourth-order valence-corrected chi connectivity index (χ4v) is 2.16. The van der Waals surface area contributed by atoms with Gasteiger partial charge in [0.25, 0.3) is 5.56 Å². The Hall–Kier alpha value is -2.18. The lowest BCUT2D eigenvalue weighted by atomic mass is 10.1. The molecule has 2 aromatic rings. The van der Waals surface area contributed by atoms with Gasteiger partial charge in [-0.3, -0.25) is 4.79 Å². The fourth-order valence-electron chi connectivity index (χ4n) is 2.16. The van der Waals surface area contributed by atoms with Crippen LogP contribution in [-0.2, 0) is 11.3 Å². The van der Waals surface area contributed by atoms with Gasteiger partial charge in [-0.05, 0) is 36.8 Å². The molecule has 0 radical (unpaired) electrons. The quantitative estimate of drug-likeness (QED) is 0.758. The van der Waals surface area contributed by atoms with E-state index >= 15 is 0 Å². The number of benzene rings is 1. The number of ether oxygens (including phenoxy) is 2. The smallest absolute Gasteiger partial charge is 0.268 e. The topological polar surface area (TPSA) is 76.2 Å². The Morgan fingerprint density at radius 1 is 1.27 bits per heavy atom. The first kappa shape index (κ1) is 16.2. The molecule has 0 aliphatic heterocycles. The predicted octanol–water partition coefficient (Wildman–Crippen LogP) is 1.49. The maximum atomic E-state index is 11.8. The molecule has 6 heteroatoms. The number of aryl methyl sites for hydroxylation is 1. The number of rotatable bonds is 7. The lowest BCUT2D eigenvalue weighted by molar-refractivity contribution is 0.199. The van der Waals surface area contributed by atoms with Crippen molar-refractivity contribution < 1.29 is 9.47 Å². The molecule has 0 saturated heterocycles. The molecule has 1 aromatic heterocycles. The normalized spacial score (nSPS) is 10.7. The summed E-state index contributed by atoms with van der Waals surface area (Å²) < 4.78 is 10.2. The third-order valence-electron chi connectivity index (χ3n) is 3.37. The summed E-state index contributed by atoms with van der Waals surface area (Å²) in [5.74, 6) is 0.828. The number of hydrogen-bond donors (Lipinski definition) is 2. The van der Waals surface area contributed by atoms with Gasteiger partial charge in [0.05, 0.1) is 19.4 Å². The number of nitrogens with one attached hydrogen (secondary N) is 2. The van der Waals surface area contributed by atoms with Gasteiger partial charge in [-0.2, -0.15) is 5.10 Å². The van der Waals surface area contributed by atoms with Crippen molar-refractivity contribution in [2.45, 2.75) is 13.5 Å². The van der Waals surface area contributed by atoms with Gasteiger partial charge in [0.1, 0.15) is 5.75 Å². The first-order chi connectivity index (χ1) is 10.7. The molecule has 0 aliphatic rings. The monoisotopic (exact) mass is 303 g/mol. The molecule has 0 fully saturated rings. The Morgan fingerprint density at radius 3 is 2.77 bits per heavy atom. The molecule has 2 rings (SSSR count). The summed E-state index contributed by atoms with van der Waals surface area (Å²) in [5, 5.41) is 9.83. The summed E-state index contributed by atoms with van der Waals surface area (Å²) in [7, 11) is 3.29. The molecular weight excluding hydrogens is 282 g/mol. The van der Waals surface area contributed by atoms with Gasteiger partial charge in [0.2, 0.25) is 0 Å². The van der Waals surface area contributed by atoms with E-state index in [4.69, 9.17) is 9.47 Å². The van der Waals surface area contributed by atoms with Crippen LogP contribution in [0.1, 0.15) is 11.1 Å². The van der Waals surface area contributed by atoms with E-state index in [1.165, 1.54) is 0 Å². The van der Waals surface area contributed by atoms with E-state index in [0.717, 1.165) is 22.6 Å². The van der Waals surface area contributed by atoms with Gasteiger partial charge in [0.15, 0.2) is 0 Å². The third kappa shape index (κ3) is 3.93. The van der Waals surface area contributed by atoms with E-state index in [-0.39, 0.29) is 5.56 Å². The Bertz CT molecular complexity index is 683. The van der Waals surface area contributed by atoms with Crippen LogP contribution in [0, 0.1) is 6.92 Å². The van der Waals surface area contributed by atoms with E-state index in [9.17, 15) is 4.79 Å². The molecule has 1 heterocycles. The van der Waals surface area contributed by atoms with Crippen molar-refractivity contribution in [1.29, 1.82) is 0 Å². The van der Waals surface area contributed by atoms with Crippen LogP contribution >= 0.6 is 0 Å². The second-order valence-electron chi connectivity index (χ2n) is 4.96. The van der Waals surface area contributed by atoms with Crippen molar-refractivity contribution >= 4 is 0 Å². The summed E-state index contributed by atoms with van der Waals surface area (Å²) in [6.07, 6.45) is 0. The highest BCUT2D eigenvalue weighted by molar-refractivity contribution is 5.62. The zero-order chi connectivity index (χ0) is 15.9. The van der Waals surface area contributed by atoms with Gasteiger partial charge >= 0.3 is 0 Å². The van der Waals surface area contributed by atoms with E-state index in [2.05, 4.69) is 15.5 Å². The van der Waals surface area contributed by atoms with E-state index in [1.54, 1.807) is 20.3 Å². The van der Waals surface area contributed by atoms with Crippen molar-refractivity contribution in [2.75, 3.05) is 27.4 Å². The Kier molecular flexibility index (Phi) is 5.68. The third-order valence-corrected chi connectivity index (χ3v) is 3.37. The molecule has 0 atom stereocenters. The van der Waals surface area contributed by atoms with Crippen LogP contribution in [0.15, 0.2) is 29.1 Å². The van der Waals surface area contributed by atoms with Gasteiger partial charge in [-0.25, -0.2) is 5.10 Å². The average Bonchev–Trinajstić information content (AvgIpc) is 2.53. The summed E-state index contributed by atoms with van der Waals surface area (Å²) in [6, 6.07) is 7.62. The van der Waals surface area contributed by atoms with Gasteiger partial charge in [-0.15, -0.1) is 0 Å². The van der Waals surface area contributed by atoms with Crippen molar-refractivity contribution in [3.05, 3.63) is 45.7 Å². The van der Waals surface area contributed by atoms with Crippen molar-refractivity contribution in [3.8, 4) is 17.0 Å². The second-order valence-corrected chi connectivity index (χ2v) is 4.96.